The molecule has 0 fully saturated rings. The number of carbonyl (C=O) groups is 1. The van der Waals surface area contributed by atoms with Crippen LogP contribution in [-0.2, 0) is 0 Å². The minimum Gasteiger partial charge on any atom is -0.347 e. The smallest absolute Gasteiger partial charge is 0.251 e. The minimum atomic E-state index is -0.101. The Bertz CT molecular complexity index is 431. The molecule has 0 saturated heterocycles. The van der Waals surface area contributed by atoms with Crippen LogP contribution in [0.1, 0.15) is 56.0 Å². The lowest BCUT2D eigenvalue weighted by Crippen LogP contribution is -2.47. The molecule has 0 bridgehead atoms. The van der Waals surface area contributed by atoms with Gasteiger partial charge < -0.3 is 10.7 Å². The fourth-order valence-electron chi connectivity index (χ4n) is 2.30. The van der Waals surface area contributed by atoms with Crippen LogP contribution in [0.25, 0.3) is 0 Å². The summed E-state index contributed by atoms with van der Waals surface area (Å²) in [4.78, 5) is 12.3. The summed E-state index contributed by atoms with van der Waals surface area (Å²) in [6, 6.07) is 5.48. The number of hydrazine groups is 1. The molecule has 4 N–H and O–H groups in total. The van der Waals surface area contributed by atoms with Crippen LogP contribution in [0.3, 0.4) is 0 Å². The van der Waals surface area contributed by atoms with Gasteiger partial charge in [0.15, 0.2) is 0 Å². The van der Waals surface area contributed by atoms with E-state index in [2.05, 4.69) is 31.5 Å². The third-order valence-corrected chi connectivity index (χ3v) is 4.05. The van der Waals surface area contributed by atoms with Gasteiger partial charge in [-0.2, -0.15) is 0 Å². The van der Waals surface area contributed by atoms with Gasteiger partial charge in [0.05, 0.1) is 5.69 Å². The molecule has 1 amide bonds. The minimum absolute atomic E-state index is 0.0165. The monoisotopic (exact) mass is 263 g/mol. The number of aryl methyl sites for hydroxylation is 1. The second-order valence-corrected chi connectivity index (χ2v) is 4.97. The van der Waals surface area contributed by atoms with Crippen LogP contribution in [0.2, 0.25) is 0 Å². The third kappa shape index (κ3) is 3.47. The van der Waals surface area contributed by atoms with Crippen LogP contribution in [-0.4, -0.2) is 11.4 Å². The number of nitrogen functional groups attached to an aromatic ring is 1. The second-order valence-electron chi connectivity index (χ2n) is 4.97. The summed E-state index contributed by atoms with van der Waals surface area (Å²) in [6.45, 7) is 8.26. The van der Waals surface area contributed by atoms with Gasteiger partial charge in [0, 0.05) is 11.1 Å². The molecule has 0 aliphatic heterocycles. The Labute approximate surface area is 115 Å². The Morgan fingerprint density at radius 2 is 1.79 bits per heavy atom. The van der Waals surface area contributed by atoms with E-state index < -0.39 is 0 Å². The molecule has 0 spiro atoms. The highest BCUT2D eigenvalue weighted by molar-refractivity contribution is 5.95. The van der Waals surface area contributed by atoms with Gasteiger partial charge >= 0.3 is 0 Å². The van der Waals surface area contributed by atoms with E-state index in [0.29, 0.717) is 5.56 Å². The number of hydrogen-bond donors (Lipinski definition) is 3. The van der Waals surface area contributed by atoms with E-state index in [9.17, 15) is 4.79 Å². The van der Waals surface area contributed by atoms with Crippen molar-refractivity contribution in [2.75, 3.05) is 5.43 Å². The topological polar surface area (TPSA) is 67.2 Å². The zero-order valence-corrected chi connectivity index (χ0v) is 12.3. The second kappa shape index (κ2) is 6.57. The van der Waals surface area contributed by atoms with E-state index in [1.165, 1.54) is 0 Å². The van der Waals surface area contributed by atoms with Crippen molar-refractivity contribution in [2.45, 2.75) is 52.5 Å². The highest BCUT2D eigenvalue weighted by Crippen LogP contribution is 2.21. The SMILES string of the molecule is CCC(CC)(CC)NC(=O)c1ccc(NN)c(C)c1. The molecule has 1 rings (SSSR count). The van der Waals surface area contributed by atoms with Crippen molar-refractivity contribution in [3.8, 4) is 0 Å². The molecule has 106 valence electrons. The number of nitrogens with two attached hydrogens (primary N) is 1. The summed E-state index contributed by atoms with van der Waals surface area (Å²) >= 11 is 0. The summed E-state index contributed by atoms with van der Waals surface area (Å²) in [6.07, 6.45) is 2.81. The van der Waals surface area contributed by atoms with Crippen molar-refractivity contribution in [3.05, 3.63) is 29.3 Å². The molecule has 0 heterocycles. The Hall–Kier alpha value is -1.55. The number of hydrogen-bond acceptors (Lipinski definition) is 3. The molecule has 0 aliphatic rings. The zero-order valence-electron chi connectivity index (χ0n) is 12.3. The van der Waals surface area contributed by atoms with Crippen LogP contribution in [0, 0.1) is 6.92 Å². The van der Waals surface area contributed by atoms with Crippen molar-refractivity contribution in [1.29, 1.82) is 0 Å². The van der Waals surface area contributed by atoms with Crippen molar-refractivity contribution < 1.29 is 4.79 Å². The largest absolute Gasteiger partial charge is 0.347 e. The Balaban J connectivity index is 2.92. The zero-order chi connectivity index (χ0) is 14.5. The first-order valence-corrected chi connectivity index (χ1v) is 6.91. The van der Waals surface area contributed by atoms with Crippen molar-refractivity contribution in [1.82, 2.24) is 5.32 Å². The van der Waals surface area contributed by atoms with Gasteiger partial charge in [0.25, 0.3) is 5.91 Å². The van der Waals surface area contributed by atoms with Gasteiger partial charge in [-0.05, 0) is 49.9 Å². The lowest BCUT2D eigenvalue weighted by atomic mass is 9.89. The van der Waals surface area contributed by atoms with Gasteiger partial charge in [0.1, 0.15) is 0 Å². The van der Waals surface area contributed by atoms with Crippen molar-refractivity contribution in [2.24, 2.45) is 5.84 Å². The standard InChI is InChI=1S/C15H25N3O/c1-5-15(6-2,7-3)17-14(19)12-8-9-13(18-16)11(4)10-12/h8-10,18H,5-7,16H2,1-4H3,(H,17,19). The first-order valence-electron chi connectivity index (χ1n) is 6.91. The number of anilines is 1. The molecule has 0 aliphatic carbocycles. The highest BCUT2D eigenvalue weighted by Gasteiger charge is 2.26. The molecule has 4 heteroatoms. The molecule has 0 atom stereocenters. The molecular weight excluding hydrogens is 238 g/mol. The fourth-order valence-corrected chi connectivity index (χ4v) is 2.30. The molecule has 0 aromatic heterocycles. The van der Waals surface area contributed by atoms with E-state index in [-0.39, 0.29) is 11.4 Å². The van der Waals surface area contributed by atoms with Crippen LogP contribution >= 0.6 is 0 Å². The number of carbonyl (C=O) groups excluding carboxylic acids is 1. The summed E-state index contributed by atoms with van der Waals surface area (Å²) in [5, 5.41) is 3.17. The Kier molecular flexibility index (Phi) is 5.36. The van der Waals surface area contributed by atoms with E-state index in [1.54, 1.807) is 6.07 Å². The highest BCUT2D eigenvalue weighted by atomic mass is 16.1. The normalized spacial score (nSPS) is 11.2. The molecule has 1 aromatic carbocycles. The number of amides is 1. The van der Waals surface area contributed by atoms with E-state index in [0.717, 1.165) is 30.5 Å². The lowest BCUT2D eigenvalue weighted by molar-refractivity contribution is 0.0888. The predicted octanol–water partition coefficient (Wildman–Crippen LogP) is 2.98. The maximum absolute atomic E-state index is 12.3. The molecule has 4 nitrogen and oxygen atoms in total. The van der Waals surface area contributed by atoms with Crippen LogP contribution in [0.15, 0.2) is 18.2 Å². The predicted molar refractivity (Wildman–Crippen MR) is 80.1 cm³/mol. The van der Waals surface area contributed by atoms with Gasteiger partial charge in [-0.3, -0.25) is 10.6 Å². The maximum Gasteiger partial charge on any atom is 0.251 e. The molecular formula is C15H25N3O. The van der Waals surface area contributed by atoms with Crippen molar-refractivity contribution >= 4 is 11.6 Å². The molecule has 0 unspecified atom stereocenters. The number of nitrogens with one attached hydrogen (secondary N) is 2. The quantitative estimate of drug-likeness (QED) is 0.546. The fraction of sp³-hybridized carbons (Fsp3) is 0.533. The summed E-state index contributed by atoms with van der Waals surface area (Å²) in [5.74, 6) is 5.38. The maximum atomic E-state index is 12.3. The average Bonchev–Trinajstić information content (AvgIpc) is 2.44. The first kappa shape index (κ1) is 15.5. The summed E-state index contributed by atoms with van der Waals surface area (Å²) in [5.41, 5.74) is 4.99. The average molecular weight is 263 g/mol. The molecule has 0 radical (unpaired) electrons. The van der Waals surface area contributed by atoms with E-state index >= 15 is 0 Å². The lowest BCUT2D eigenvalue weighted by Gasteiger charge is -2.31. The number of rotatable bonds is 6. The van der Waals surface area contributed by atoms with Crippen LogP contribution in [0.4, 0.5) is 5.69 Å². The van der Waals surface area contributed by atoms with Crippen LogP contribution < -0.4 is 16.6 Å². The Morgan fingerprint density at radius 1 is 1.21 bits per heavy atom. The van der Waals surface area contributed by atoms with Gasteiger partial charge in [0.2, 0.25) is 0 Å². The van der Waals surface area contributed by atoms with Gasteiger partial charge in [-0.1, -0.05) is 20.8 Å². The Morgan fingerprint density at radius 3 is 2.21 bits per heavy atom. The first-order chi connectivity index (χ1) is 9.01. The van der Waals surface area contributed by atoms with E-state index in [1.807, 2.05) is 19.1 Å². The van der Waals surface area contributed by atoms with Crippen LogP contribution in [0.5, 0.6) is 0 Å². The third-order valence-electron chi connectivity index (χ3n) is 4.05. The molecule has 1 aromatic rings. The van der Waals surface area contributed by atoms with Gasteiger partial charge in [-0.15, -0.1) is 0 Å². The molecule has 0 saturated carbocycles. The number of benzene rings is 1. The summed E-state index contributed by atoms with van der Waals surface area (Å²) in [7, 11) is 0. The van der Waals surface area contributed by atoms with Crippen molar-refractivity contribution in [3.63, 3.8) is 0 Å². The molecule has 19 heavy (non-hydrogen) atoms. The van der Waals surface area contributed by atoms with E-state index in [4.69, 9.17) is 5.84 Å². The van der Waals surface area contributed by atoms with Gasteiger partial charge in [-0.25, -0.2) is 0 Å². The summed E-state index contributed by atoms with van der Waals surface area (Å²) < 4.78 is 0.